The molecule has 0 aliphatic heterocycles. The number of fused-ring (bicyclic) bond motifs is 3. The van der Waals surface area contributed by atoms with Crippen LogP contribution in [0.4, 0.5) is 4.79 Å². The monoisotopic (exact) mass is 601 g/mol. The number of alkyl carbamates (subject to hydrolysis) is 1. The summed E-state index contributed by atoms with van der Waals surface area (Å²) in [5.41, 5.74) is 7.68. The van der Waals surface area contributed by atoms with Crippen molar-refractivity contribution in [2.45, 2.75) is 30.9 Å². The zero-order chi connectivity index (χ0) is 30.6. The Balaban J connectivity index is 1.19. The van der Waals surface area contributed by atoms with Crippen LogP contribution in [0.3, 0.4) is 0 Å². The van der Waals surface area contributed by atoms with Crippen LogP contribution in [0, 0.1) is 0 Å². The van der Waals surface area contributed by atoms with Crippen molar-refractivity contribution in [1.29, 1.82) is 0 Å². The first-order valence-corrected chi connectivity index (χ1v) is 15.0. The second-order valence-electron chi connectivity index (χ2n) is 11.0. The number of carbonyl (C=O) groups is 2. The van der Waals surface area contributed by atoms with Gasteiger partial charge in [0.2, 0.25) is 0 Å². The van der Waals surface area contributed by atoms with E-state index in [0.29, 0.717) is 5.02 Å². The Morgan fingerprint density at radius 2 is 1.30 bits per heavy atom. The Morgan fingerprint density at radius 1 is 0.773 bits per heavy atom. The van der Waals surface area contributed by atoms with Crippen LogP contribution in [-0.4, -0.2) is 35.7 Å². The van der Waals surface area contributed by atoms with Crippen molar-refractivity contribution in [3.8, 4) is 11.1 Å². The van der Waals surface area contributed by atoms with Crippen LogP contribution in [0.25, 0.3) is 11.1 Å². The first kappa shape index (κ1) is 29.4. The fourth-order valence-electron chi connectivity index (χ4n) is 6.11. The Bertz CT molecular complexity index is 1700. The molecule has 1 aliphatic rings. The molecule has 0 fully saturated rings. The van der Waals surface area contributed by atoms with Gasteiger partial charge in [0.15, 0.2) is 5.78 Å². The molecule has 1 aliphatic carbocycles. The van der Waals surface area contributed by atoms with Crippen LogP contribution >= 0.6 is 11.6 Å². The lowest BCUT2D eigenvalue weighted by atomic mass is 9.84. The molecule has 5 aromatic carbocycles. The minimum Gasteiger partial charge on any atom is -0.449 e. The number of ketones is 1. The smallest absolute Gasteiger partial charge is 0.407 e. The maximum atomic E-state index is 13.6. The van der Waals surface area contributed by atoms with Gasteiger partial charge in [-0.3, -0.25) is 4.79 Å². The van der Waals surface area contributed by atoms with Crippen molar-refractivity contribution in [2.24, 2.45) is 0 Å². The second kappa shape index (κ2) is 12.9. The van der Waals surface area contributed by atoms with Crippen molar-refractivity contribution >= 4 is 23.5 Å². The fraction of sp³-hybridized carbons (Fsp3) is 0.158. The molecule has 2 atom stereocenters. The number of ether oxygens (including phenoxy) is 1. The number of hydrogen-bond acceptors (Lipinski definition) is 4. The summed E-state index contributed by atoms with van der Waals surface area (Å²) in [5, 5.41) is 13.5. The van der Waals surface area contributed by atoms with Gasteiger partial charge >= 0.3 is 6.09 Å². The molecule has 2 N–H and O–H groups in total. The third-order valence-corrected chi connectivity index (χ3v) is 8.57. The molecule has 0 radical (unpaired) electrons. The first-order chi connectivity index (χ1) is 21.4. The molecule has 6 rings (SSSR count). The van der Waals surface area contributed by atoms with Gasteiger partial charge in [-0.1, -0.05) is 133 Å². The van der Waals surface area contributed by atoms with E-state index in [2.05, 4.69) is 41.7 Å². The number of Topliss-reactive ketones (excluding diaryl/α,β-unsaturated/α-hetero) is 1. The van der Waals surface area contributed by atoms with E-state index in [0.717, 1.165) is 38.9 Å². The number of benzene rings is 5. The maximum absolute atomic E-state index is 13.6. The number of hydrogen-bond donors (Lipinski definition) is 2. The zero-order valence-electron chi connectivity index (χ0n) is 24.2. The van der Waals surface area contributed by atoms with Crippen LogP contribution in [0.1, 0.15) is 56.9 Å². The van der Waals surface area contributed by atoms with E-state index >= 15 is 0 Å². The minimum absolute atomic E-state index is 0.0987. The lowest BCUT2D eigenvalue weighted by Crippen LogP contribution is -2.48. The highest BCUT2D eigenvalue weighted by Gasteiger charge is 2.31. The number of nitrogens with one attached hydrogen (secondary N) is 1. The summed E-state index contributed by atoms with van der Waals surface area (Å²) >= 11 is 6.84. The van der Waals surface area contributed by atoms with Gasteiger partial charge in [-0.2, -0.15) is 0 Å². The van der Waals surface area contributed by atoms with E-state index in [1.807, 2.05) is 78.9 Å². The van der Waals surface area contributed by atoms with Gasteiger partial charge in [-0.25, -0.2) is 4.79 Å². The third kappa shape index (κ3) is 5.89. The van der Waals surface area contributed by atoms with Gasteiger partial charge in [0.1, 0.15) is 12.6 Å². The Hall–Kier alpha value is -4.71. The standard InChI is InChI=1S/C38H32ClNO4/c1-24(41)36(40-38(43)44-23-33-30-18-10-8-16-28(30)29-17-9-11-19-31(29)33)37(42)27-20-21-32(34(39)22-27)35(25-12-4-2-5-13-25)26-14-6-3-7-15-26/h2-22,24,33,35-36,41H,23H2,1H3,(H,40,43)/t24-,36+/m1/s1. The number of halogens is 1. The number of carbonyl (C=O) groups excluding carboxylic acids is 2. The Morgan fingerprint density at radius 3 is 1.82 bits per heavy atom. The molecule has 44 heavy (non-hydrogen) atoms. The van der Waals surface area contributed by atoms with Crippen LogP contribution in [0.2, 0.25) is 5.02 Å². The molecule has 5 nitrogen and oxygen atoms in total. The molecule has 0 saturated carbocycles. The van der Waals surface area contributed by atoms with Crippen LogP contribution in [0.15, 0.2) is 127 Å². The molecular formula is C38H32ClNO4. The van der Waals surface area contributed by atoms with Gasteiger partial charge < -0.3 is 15.2 Å². The summed E-state index contributed by atoms with van der Waals surface area (Å²) in [4.78, 5) is 26.6. The molecule has 0 spiro atoms. The molecule has 220 valence electrons. The van der Waals surface area contributed by atoms with E-state index in [9.17, 15) is 14.7 Å². The topological polar surface area (TPSA) is 75.6 Å². The number of rotatable bonds is 9. The summed E-state index contributed by atoms with van der Waals surface area (Å²) in [5.74, 6) is -0.721. The van der Waals surface area contributed by atoms with Crippen molar-refractivity contribution < 1.29 is 19.4 Å². The normalized spacial score (nSPS) is 13.5. The van der Waals surface area contributed by atoms with Gasteiger partial charge in [-0.15, -0.1) is 0 Å². The minimum atomic E-state index is -1.22. The van der Waals surface area contributed by atoms with Crippen LogP contribution in [0.5, 0.6) is 0 Å². The van der Waals surface area contributed by atoms with E-state index in [-0.39, 0.29) is 24.0 Å². The van der Waals surface area contributed by atoms with Gasteiger partial charge in [-0.05, 0) is 51.9 Å². The summed E-state index contributed by atoms with van der Waals surface area (Å²) in [6.07, 6.45) is -1.94. The lowest BCUT2D eigenvalue weighted by Gasteiger charge is -2.23. The van der Waals surface area contributed by atoms with E-state index < -0.39 is 24.0 Å². The quantitative estimate of drug-likeness (QED) is 0.133. The van der Waals surface area contributed by atoms with Gasteiger partial charge in [0, 0.05) is 22.4 Å². The summed E-state index contributed by atoms with van der Waals surface area (Å²) in [7, 11) is 0. The van der Waals surface area contributed by atoms with Crippen LogP contribution < -0.4 is 5.32 Å². The van der Waals surface area contributed by atoms with Crippen molar-refractivity contribution in [1.82, 2.24) is 5.32 Å². The summed E-state index contributed by atoms with van der Waals surface area (Å²) in [6.45, 7) is 1.56. The van der Waals surface area contributed by atoms with Gasteiger partial charge in [0.05, 0.1) is 6.10 Å². The molecule has 6 heteroatoms. The molecule has 5 aromatic rings. The molecule has 0 bridgehead atoms. The Labute approximate surface area is 262 Å². The Kier molecular flexibility index (Phi) is 8.60. The highest BCUT2D eigenvalue weighted by atomic mass is 35.5. The van der Waals surface area contributed by atoms with Crippen molar-refractivity contribution in [3.05, 3.63) is 166 Å². The van der Waals surface area contributed by atoms with Crippen molar-refractivity contribution in [2.75, 3.05) is 6.61 Å². The highest BCUT2D eigenvalue weighted by Crippen LogP contribution is 2.44. The fourth-order valence-corrected chi connectivity index (χ4v) is 6.40. The third-order valence-electron chi connectivity index (χ3n) is 8.24. The van der Waals surface area contributed by atoms with E-state index in [1.165, 1.54) is 6.92 Å². The summed E-state index contributed by atoms with van der Waals surface area (Å²) < 4.78 is 5.64. The second-order valence-corrected chi connectivity index (χ2v) is 11.5. The van der Waals surface area contributed by atoms with Gasteiger partial charge in [0.25, 0.3) is 0 Å². The lowest BCUT2D eigenvalue weighted by molar-refractivity contribution is 0.0757. The van der Waals surface area contributed by atoms with E-state index in [1.54, 1.807) is 12.1 Å². The SMILES string of the molecule is C[C@@H](O)[C@H](NC(=O)OCC1c2ccccc2-c2ccccc21)C(=O)c1ccc(C(c2ccccc2)c2ccccc2)c(Cl)c1. The first-order valence-electron chi connectivity index (χ1n) is 14.7. The molecule has 0 saturated heterocycles. The average Bonchev–Trinajstić information content (AvgIpc) is 3.37. The summed E-state index contributed by atoms with van der Waals surface area (Å²) in [6, 6.07) is 40.1. The van der Waals surface area contributed by atoms with Crippen LogP contribution in [-0.2, 0) is 4.74 Å². The number of amides is 1. The number of aliphatic hydroxyl groups excluding tert-OH is 1. The number of aliphatic hydroxyl groups is 1. The molecule has 0 heterocycles. The molecule has 0 aromatic heterocycles. The molecule has 1 amide bonds. The predicted octanol–water partition coefficient (Wildman–Crippen LogP) is 7.99. The predicted molar refractivity (Wildman–Crippen MR) is 173 cm³/mol. The molecule has 0 unspecified atom stereocenters. The highest BCUT2D eigenvalue weighted by molar-refractivity contribution is 6.32. The van der Waals surface area contributed by atoms with E-state index in [4.69, 9.17) is 16.3 Å². The largest absolute Gasteiger partial charge is 0.449 e. The zero-order valence-corrected chi connectivity index (χ0v) is 24.9. The molecular weight excluding hydrogens is 570 g/mol. The average molecular weight is 602 g/mol. The van der Waals surface area contributed by atoms with Crippen molar-refractivity contribution in [3.63, 3.8) is 0 Å². The maximum Gasteiger partial charge on any atom is 0.407 e.